The van der Waals surface area contributed by atoms with Gasteiger partial charge in [-0.1, -0.05) is 36.4 Å². The van der Waals surface area contributed by atoms with Crippen LogP contribution in [0.5, 0.6) is 0 Å². The monoisotopic (exact) mass is 305 g/mol. The first kappa shape index (κ1) is 15.6. The Hall–Kier alpha value is -1.76. The van der Waals surface area contributed by atoms with E-state index in [4.69, 9.17) is 5.73 Å². The van der Waals surface area contributed by atoms with Crippen LogP contribution < -0.4 is 10.5 Å². The van der Waals surface area contributed by atoms with Crippen molar-refractivity contribution in [2.24, 2.45) is 5.73 Å². The van der Waals surface area contributed by atoms with Gasteiger partial charge in [0.1, 0.15) is 0 Å². The summed E-state index contributed by atoms with van der Waals surface area (Å²) >= 11 is 0. The summed E-state index contributed by atoms with van der Waals surface area (Å²) in [4.78, 5) is 3.95. The Bertz CT molecular complexity index is 670. The van der Waals surface area contributed by atoms with Gasteiger partial charge in [0.2, 0.25) is 0 Å². The van der Waals surface area contributed by atoms with Crippen molar-refractivity contribution in [1.82, 2.24) is 9.71 Å². The van der Waals surface area contributed by atoms with Crippen LogP contribution in [0.4, 0.5) is 0 Å². The largest absolute Gasteiger partial charge is 0.326 e. The smallest absolute Gasteiger partial charge is 0.258 e. The van der Waals surface area contributed by atoms with E-state index in [9.17, 15) is 8.42 Å². The Labute approximate surface area is 125 Å². The number of hydrogen-bond acceptors (Lipinski definition) is 4. The fourth-order valence-corrected chi connectivity index (χ4v) is 3.20. The average molecular weight is 305 g/mol. The number of rotatable bonds is 6. The van der Waals surface area contributed by atoms with Gasteiger partial charge in [-0.15, -0.1) is 0 Å². The van der Waals surface area contributed by atoms with E-state index in [1.807, 2.05) is 37.3 Å². The second kappa shape index (κ2) is 6.80. The van der Waals surface area contributed by atoms with E-state index in [0.717, 1.165) is 11.1 Å². The van der Waals surface area contributed by atoms with Crippen LogP contribution in [-0.2, 0) is 23.0 Å². The summed E-state index contributed by atoms with van der Waals surface area (Å²) < 4.78 is 27.1. The van der Waals surface area contributed by atoms with Crippen molar-refractivity contribution in [3.05, 3.63) is 59.8 Å². The number of sulfonamides is 1. The Kier molecular flexibility index (Phi) is 5.06. The molecule has 1 heterocycles. The van der Waals surface area contributed by atoms with E-state index in [1.165, 1.54) is 12.3 Å². The van der Waals surface area contributed by atoms with Gasteiger partial charge in [-0.2, -0.15) is 0 Å². The highest BCUT2D eigenvalue weighted by atomic mass is 32.2. The Morgan fingerprint density at radius 2 is 1.86 bits per heavy atom. The summed E-state index contributed by atoms with van der Waals surface area (Å²) in [5, 5.41) is 0.0135. The normalized spacial score (nSPS) is 13.0. The van der Waals surface area contributed by atoms with E-state index < -0.39 is 10.0 Å². The summed E-state index contributed by atoms with van der Waals surface area (Å²) in [5.41, 5.74) is 7.35. The fourth-order valence-electron chi connectivity index (χ4n) is 2.03. The summed E-state index contributed by atoms with van der Waals surface area (Å²) in [6, 6.07) is 12.7. The van der Waals surface area contributed by atoms with Gasteiger partial charge in [0.05, 0.1) is 0 Å². The SMILES string of the molecule is CC(Cc1ccccc1)NS(=O)(=O)c1ccc(CN)cn1. The molecule has 5 nitrogen and oxygen atoms in total. The van der Waals surface area contributed by atoms with Gasteiger partial charge in [0.25, 0.3) is 10.0 Å². The number of pyridine rings is 1. The molecule has 0 aliphatic heterocycles. The lowest BCUT2D eigenvalue weighted by atomic mass is 10.1. The minimum Gasteiger partial charge on any atom is -0.326 e. The molecule has 0 aliphatic rings. The van der Waals surface area contributed by atoms with E-state index >= 15 is 0 Å². The first-order valence-corrected chi connectivity index (χ1v) is 8.21. The topological polar surface area (TPSA) is 85.1 Å². The third-order valence-corrected chi connectivity index (χ3v) is 4.55. The van der Waals surface area contributed by atoms with Gasteiger partial charge >= 0.3 is 0 Å². The van der Waals surface area contributed by atoms with Crippen LogP contribution in [0.2, 0.25) is 0 Å². The van der Waals surface area contributed by atoms with Crippen LogP contribution >= 0.6 is 0 Å². The molecule has 0 saturated heterocycles. The highest BCUT2D eigenvalue weighted by molar-refractivity contribution is 7.89. The van der Waals surface area contributed by atoms with E-state index in [-0.39, 0.29) is 11.1 Å². The molecule has 1 aromatic heterocycles. The van der Waals surface area contributed by atoms with Crippen LogP contribution in [0.1, 0.15) is 18.1 Å². The minimum absolute atomic E-state index is 0.0135. The van der Waals surface area contributed by atoms with Crippen molar-refractivity contribution in [3.63, 3.8) is 0 Å². The highest BCUT2D eigenvalue weighted by Crippen LogP contribution is 2.09. The molecule has 3 N–H and O–H groups in total. The third kappa shape index (κ3) is 4.35. The van der Waals surface area contributed by atoms with Gasteiger partial charge in [-0.3, -0.25) is 0 Å². The maximum absolute atomic E-state index is 12.2. The maximum Gasteiger partial charge on any atom is 0.258 e. The molecule has 0 radical (unpaired) electrons. The molecular weight excluding hydrogens is 286 g/mol. The number of aromatic nitrogens is 1. The van der Waals surface area contributed by atoms with Crippen molar-refractivity contribution >= 4 is 10.0 Å². The summed E-state index contributed by atoms with van der Waals surface area (Å²) in [6.07, 6.45) is 2.11. The number of nitrogens with zero attached hydrogens (tertiary/aromatic N) is 1. The number of benzene rings is 1. The minimum atomic E-state index is -3.61. The summed E-state index contributed by atoms with van der Waals surface area (Å²) in [6.45, 7) is 2.17. The lowest BCUT2D eigenvalue weighted by Crippen LogP contribution is -2.34. The maximum atomic E-state index is 12.2. The zero-order valence-electron chi connectivity index (χ0n) is 11.9. The molecule has 0 fully saturated rings. The molecular formula is C15H19N3O2S. The van der Waals surface area contributed by atoms with Gasteiger partial charge < -0.3 is 5.73 Å². The second-order valence-corrected chi connectivity index (χ2v) is 6.58. The lowest BCUT2D eigenvalue weighted by molar-refractivity contribution is 0.556. The zero-order chi connectivity index (χ0) is 15.3. The van der Waals surface area contributed by atoms with Gasteiger partial charge in [0, 0.05) is 18.8 Å². The molecule has 6 heteroatoms. The Morgan fingerprint density at radius 1 is 1.14 bits per heavy atom. The van der Waals surface area contributed by atoms with E-state index in [0.29, 0.717) is 13.0 Å². The molecule has 1 unspecified atom stereocenters. The second-order valence-electron chi connectivity index (χ2n) is 4.92. The first-order chi connectivity index (χ1) is 10.0. The number of hydrogen-bond donors (Lipinski definition) is 2. The molecule has 0 aliphatic carbocycles. The zero-order valence-corrected chi connectivity index (χ0v) is 12.7. The van der Waals surface area contributed by atoms with Crippen molar-refractivity contribution in [1.29, 1.82) is 0 Å². The van der Waals surface area contributed by atoms with Crippen LogP contribution in [0.3, 0.4) is 0 Å². The van der Waals surface area contributed by atoms with E-state index in [2.05, 4.69) is 9.71 Å². The highest BCUT2D eigenvalue weighted by Gasteiger charge is 2.18. The molecule has 0 spiro atoms. The molecule has 21 heavy (non-hydrogen) atoms. The van der Waals surface area contributed by atoms with Crippen LogP contribution in [0, 0.1) is 0 Å². The van der Waals surface area contributed by atoms with Crippen molar-refractivity contribution in [2.45, 2.75) is 31.0 Å². The fraction of sp³-hybridized carbons (Fsp3) is 0.267. The molecule has 2 rings (SSSR count). The first-order valence-electron chi connectivity index (χ1n) is 6.72. The van der Waals surface area contributed by atoms with Crippen molar-refractivity contribution in [2.75, 3.05) is 0 Å². The van der Waals surface area contributed by atoms with Gasteiger partial charge in [-0.05, 0) is 30.5 Å². The van der Waals surface area contributed by atoms with Crippen molar-refractivity contribution in [3.8, 4) is 0 Å². The quantitative estimate of drug-likeness (QED) is 0.846. The average Bonchev–Trinajstić information content (AvgIpc) is 2.47. The standard InChI is InChI=1S/C15H19N3O2S/c1-12(9-13-5-3-2-4-6-13)18-21(19,20)15-8-7-14(10-16)11-17-15/h2-8,11-12,18H,9-10,16H2,1H3. The van der Waals surface area contributed by atoms with Gasteiger partial charge in [-0.25, -0.2) is 18.1 Å². The van der Waals surface area contributed by atoms with Gasteiger partial charge in [0.15, 0.2) is 5.03 Å². The lowest BCUT2D eigenvalue weighted by Gasteiger charge is -2.14. The third-order valence-electron chi connectivity index (χ3n) is 3.05. The Balaban J connectivity index is 2.05. The van der Waals surface area contributed by atoms with Crippen LogP contribution in [0.15, 0.2) is 53.7 Å². The summed E-state index contributed by atoms with van der Waals surface area (Å²) in [5.74, 6) is 0. The van der Waals surface area contributed by atoms with Crippen molar-refractivity contribution < 1.29 is 8.42 Å². The molecule has 0 bridgehead atoms. The van der Waals surface area contributed by atoms with Crippen LogP contribution in [0.25, 0.3) is 0 Å². The molecule has 112 valence electrons. The van der Waals surface area contributed by atoms with E-state index in [1.54, 1.807) is 6.07 Å². The summed E-state index contributed by atoms with van der Waals surface area (Å²) in [7, 11) is -3.61. The predicted molar refractivity (Wildman–Crippen MR) is 82.1 cm³/mol. The molecule has 1 aromatic carbocycles. The molecule has 2 aromatic rings. The predicted octanol–water partition coefficient (Wildman–Crippen LogP) is 1.45. The molecule has 0 amide bonds. The molecule has 0 saturated carbocycles. The Morgan fingerprint density at radius 3 is 2.43 bits per heavy atom. The number of nitrogens with two attached hydrogens (primary N) is 1. The number of nitrogens with one attached hydrogen (secondary N) is 1. The van der Waals surface area contributed by atoms with Crippen LogP contribution in [-0.4, -0.2) is 19.4 Å². The molecule has 1 atom stereocenters.